The second-order valence-corrected chi connectivity index (χ2v) is 7.94. The lowest BCUT2D eigenvalue weighted by atomic mass is 10.1. The van der Waals surface area contributed by atoms with Crippen molar-refractivity contribution in [2.24, 2.45) is 0 Å². The molecular formula is C16H22FN3O4S. The van der Waals surface area contributed by atoms with Crippen LogP contribution in [0.3, 0.4) is 0 Å². The molecule has 0 radical (unpaired) electrons. The Morgan fingerprint density at radius 2 is 1.88 bits per heavy atom. The van der Waals surface area contributed by atoms with Crippen LogP contribution in [0.5, 0.6) is 0 Å². The summed E-state index contributed by atoms with van der Waals surface area (Å²) >= 11 is 0. The Hall–Kier alpha value is -2.00. The van der Waals surface area contributed by atoms with Gasteiger partial charge < -0.3 is 9.80 Å². The summed E-state index contributed by atoms with van der Waals surface area (Å²) in [6.07, 6.45) is 1.96. The molecule has 1 fully saturated rings. The number of piperazine rings is 1. The number of hydrogen-bond acceptors (Lipinski definition) is 4. The molecule has 25 heavy (non-hydrogen) atoms. The number of hydrogen-bond donors (Lipinski definition) is 0. The lowest BCUT2D eigenvalue weighted by Crippen LogP contribution is -2.51. The van der Waals surface area contributed by atoms with Crippen LogP contribution >= 0.6 is 0 Å². The van der Waals surface area contributed by atoms with Crippen LogP contribution in [0.1, 0.15) is 5.56 Å². The average molecular weight is 371 g/mol. The highest BCUT2D eigenvalue weighted by Gasteiger charge is 2.25. The molecule has 9 heteroatoms. The number of sulfonamides is 1. The first-order valence-corrected chi connectivity index (χ1v) is 9.81. The molecule has 0 aromatic heterocycles. The molecule has 0 spiro atoms. The maximum absolute atomic E-state index is 13.7. The highest BCUT2D eigenvalue weighted by atomic mass is 32.2. The van der Waals surface area contributed by atoms with Crippen molar-refractivity contribution in [3.05, 3.63) is 35.6 Å². The maximum Gasteiger partial charge on any atom is 0.238 e. The molecule has 0 bridgehead atoms. The SMILES string of the molecule is CS(=O)(=O)N(CCc1ccccc1F)CC(=O)N1CCN(C=O)CC1. The van der Waals surface area contributed by atoms with E-state index in [0.29, 0.717) is 31.7 Å². The summed E-state index contributed by atoms with van der Waals surface area (Å²) in [5.41, 5.74) is 0.406. The number of amides is 2. The van der Waals surface area contributed by atoms with Gasteiger partial charge in [-0.2, -0.15) is 4.31 Å². The van der Waals surface area contributed by atoms with Gasteiger partial charge in [0.2, 0.25) is 22.3 Å². The predicted octanol–water partition coefficient (Wildman–Crippen LogP) is -0.0696. The molecule has 2 amide bonds. The highest BCUT2D eigenvalue weighted by Crippen LogP contribution is 2.10. The van der Waals surface area contributed by atoms with Crippen molar-refractivity contribution in [3.8, 4) is 0 Å². The zero-order chi connectivity index (χ0) is 18.4. The van der Waals surface area contributed by atoms with Gasteiger partial charge in [-0.15, -0.1) is 0 Å². The summed E-state index contributed by atoms with van der Waals surface area (Å²) in [4.78, 5) is 26.2. The number of benzene rings is 1. The van der Waals surface area contributed by atoms with E-state index in [1.807, 2.05) is 0 Å². The zero-order valence-electron chi connectivity index (χ0n) is 14.1. The lowest BCUT2D eigenvalue weighted by molar-refractivity contribution is -0.135. The first-order chi connectivity index (χ1) is 11.8. The third-order valence-electron chi connectivity index (χ3n) is 4.19. The van der Waals surface area contributed by atoms with E-state index in [9.17, 15) is 22.4 Å². The molecule has 0 saturated carbocycles. The number of nitrogens with zero attached hydrogens (tertiary/aromatic N) is 3. The van der Waals surface area contributed by atoms with Gasteiger partial charge in [0, 0.05) is 32.7 Å². The van der Waals surface area contributed by atoms with Crippen molar-refractivity contribution in [1.29, 1.82) is 0 Å². The molecule has 0 aliphatic carbocycles. The lowest BCUT2D eigenvalue weighted by Gasteiger charge is -2.33. The Bertz CT molecular complexity index is 718. The molecule has 1 heterocycles. The molecular weight excluding hydrogens is 349 g/mol. The summed E-state index contributed by atoms with van der Waals surface area (Å²) in [6, 6.07) is 6.16. The van der Waals surface area contributed by atoms with Gasteiger partial charge in [0.1, 0.15) is 5.82 Å². The Morgan fingerprint density at radius 1 is 1.24 bits per heavy atom. The summed E-state index contributed by atoms with van der Waals surface area (Å²) in [7, 11) is -3.60. The number of carbonyl (C=O) groups is 2. The van der Waals surface area contributed by atoms with E-state index in [1.54, 1.807) is 28.0 Å². The minimum atomic E-state index is -3.60. The van der Waals surface area contributed by atoms with E-state index in [-0.39, 0.29) is 25.4 Å². The Labute approximate surface area is 147 Å². The van der Waals surface area contributed by atoms with Gasteiger partial charge in [0.15, 0.2) is 0 Å². The number of halogens is 1. The van der Waals surface area contributed by atoms with Crippen LogP contribution in [-0.2, 0) is 26.0 Å². The molecule has 2 rings (SSSR count). The molecule has 0 atom stereocenters. The fourth-order valence-electron chi connectivity index (χ4n) is 2.64. The Kier molecular flexibility index (Phi) is 6.49. The fraction of sp³-hybridized carbons (Fsp3) is 0.500. The van der Waals surface area contributed by atoms with Crippen LogP contribution in [0.2, 0.25) is 0 Å². The van der Waals surface area contributed by atoms with E-state index in [1.165, 1.54) is 6.07 Å². The molecule has 1 aliphatic heterocycles. The fourth-order valence-corrected chi connectivity index (χ4v) is 3.40. The maximum atomic E-state index is 13.7. The predicted molar refractivity (Wildman–Crippen MR) is 90.7 cm³/mol. The van der Waals surface area contributed by atoms with Crippen molar-refractivity contribution in [2.75, 3.05) is 45.5 Å². The molecule has 7 nitrogen and oxygen atoms in total. The van der Waals surface area contributed by atoms with Crippen LogP contribution < -0.4 is 0 Å². The zero-order valence-corrected chi connectivity index (χ0v) is 14.9. The van der Waals surface area contributed by atoms with Gasteiger partial charge in [0.25, 0.3) is 0 Å². The van der Waals surface area contributed by atoms with Crippen LogP contribution in [0.25, 0.3) is 0 Å². The standard InChI is InChI=1S/C16H22FN3O4S/c1-25(23,24)20(7-6-14-4-2-3-5-15(14)17)12-16(22)19-10-8-18(13-21)9-11-19/h2-5,13H,6-12H2,1H3. The highest BCUT2D eigenvalue weighted by molar-refractivity contribution is 7.88. The molecule has 1 aromatic rings. The molecule has 0 unspecified atom stereocenters. The topological polar surface area (TPSA) is 78.0 Å². The van der Waals surface area contributed by atoms with E-state index < -0.39 is 15.8 Å². The van der Waals surface area contributed by atoms with Crippen molar-refractivity contribution >= 4 is 22.3 Å². The largest absolute Gasteiger partial charge is 0.342 e. The Morgan fingerprint density at radius 3 is 2.44 bits per heavy atom. The average Bonchev–Trinajstić information content (AvgIpc) is 2.58. The van der Waals surface area contributed by atoms with Crippen LogP contribution in [-0.4, -0.2) is 80.4 Å². The molecule has 138 valence electrons. The van der Waals surface area contributed by atoms with Gasteiger partial charge in [-0.3, -0.25) is 9.59 Å². The quantitative estimate of drug-likeness (QED) is 0.629. The summed E-state index contributed by atoms with van der Waals surface area (Å²) in [6.45, 7) is 1.37. The van der Waals surface area contributed by atoms with Gasteiger partial charge in [-0.05, 0) is 18.1 Å². The van der Waals surface area contributed by atoms with Gasteiger partial charge in [-0.1, -0.05) is 18.2 Å². The summed E-state index contributed by atoms with van der Waals surface area (Å²) in [5, 5.41) is 0. The minimum absolute atomic E-state index is 0.0276. The third-order valence-corrected chi connectivity index (χ3v) is 5.43. The van der Waals surface area contributed by atoms with Crippen LogP contribution in [0.15, 0.2) is 24.3 Å². The molecule has 0 N–H and O–H groups in total. The number of carbonyl (C=O) groups excluding carboxylic acids is 2. The van der Waals surface area contributed by atoms with Crippen molar-refractivity contribution in [1.82, 2.24) is 14.1 Å². The van der Waals surface area contributed by atoms with Crippen molar-refractivity contribution < 1.29 is 22.4 Å². The van der Waals surface area contributed by atoms with Gasteiger partial charge in [-0.25, -0.2) is 12.8 Å². The van der Waals surface area contributed by atoms with Crippen LogP contribution in [0, 0.1) is 5.82 Å². The normalized spacial score (nSPS) is 15.5. The Balaban J connectivity index is 1.97. The van der Waals surface area contributed by atoms with E-state index in [0.717, 1.165) is 17.0 Å². The van der Waals surface area contributed by atoms with Crippen LogP contribution in [0.4, 0.5) is 4.39 Å². The third kappa shape index (κ3) is 5.50. The van der Waals surface area contributed by atoms with E-state index >= 15 is 0 Å². The first kappa shape index (κ1) is 19.3. The minimum Gasteiger partial charge on any atom is -0.342 e. The monoisotopic (exact) mass is 371 g/mol. The van der Waals surface area contributed by atoms with Crippen molar-refractivity contribution in [2.45, 2.75) is 6.42 Å². The van der Waals surface area contributed by atoms with Gasteiger partial charge in [0.05, 0.1) is 12.8 Å². The van der Waals surface area contributed by atoms with Crippen molar-refractivity contribution in [3.63, 3.8) is 0 Å². The molecule has 1 aliphatic rings. The second kappa shape index (κ2) is 8.39. The molecule has 1 aromatic carbocycles. The summed E-state index contributed by atoms with van der Waals surface area (Å²) < 4.78 is 38.7. The first-order valence-electron chi connectivity index (χ1n) is 7.97. The molecule has 1 saturated heterocycles. The van der Waals surface area contributed by atoms with E-state index in [4.69, 9.17) is 0 Å². The number of rotatable bonds is 7. The smallest absolute Gasteiger partial charge is 0.238 e. The second-order valence-electron chi connectivity index (χ2n) is 5.96. The van der Waals surface area contributed by atoms with Gasteiger partial charge >= 0.3 is 0 Å². The summed E-state index contributed by atoms with van der Waals surface area (Å²) in [5.74, 6) is -0.711. The van der Waals surface area contributed by atoms with E-state index in [2.05, 4.69) is 0 Å².